The summed E-state index contributed by atoms with van der Waals surface area (Å²) in [5.74, 6) is -0.280. The van der Waals surface area contributed by atoms with E-state index in [2.05, 4.69) is 21.2 Å². The first-order valence-corrected chi connectivity index (χ1v) is 6.53. The van der Waals surface area contributed by atoms with E-state index in [4.69, 9.17) is 0 Å². The zero-order chi connectivity index (χ0) is 13.1. The molecule has 18 heavy (non-hydrogen) atoms. The van der Waals surface area contributed by atoms with Gasteiger partial charge in [-0.1, -0.05) is 22.0 Å². The van der Waals surface area contributed by atoms with Crippen LogP contribution in [-0.4, -0.2) is 10.8 Å². The highest BCUT2D eigenvalue weighted by Crippen LogP contribution is 2.25. The Morgan fingerprint density at radius 1 is 1.39 bits per heavy atom. The van der Waals surface area contributed by atoms with Crippen LogP contribution in [0.3, 0.4) is 0 Å². The lowest BCUT2D eigenvalue weighted by Gasteiger charge is -2.04. The van der Waals surface area contributed by atoms with Crippen LogP contribution in [0.15, 0.2) is 40.2 Å². The van der Waals surface area contributed by atoms with Crippen molar-refractivity contribution in [3.05, 3.63) is 55.2 Å². The first kappa shape index (κ1) is 12.7. The summed E-state index contributed by atoms with van der Waals surface area (Å²) in [4.78, 5) is 22.5. The van der Waals surface area contributed by atoms with Crippen molar-refractivity contribution < 1.29 is 9.72 Å². The highest BCUT2D eigenvalue weighted by Gasteiger charge is 2.12. The Hall–Kier alpha value is -1.73. The number of carbonyl (C=O) groups is 1. The van der Waals surface area contributed by atoms with Crippen LogP contribution in [0, 0.1) is 10.1 Å². The molecule has 1 aromatic carbocycles. The quantitative estimate of drug-likeness (QED) is 0.690. The maximum atomic E-state index is 11.8. The van der Waals surface area contributed by atoms with Crippen molar-refractivity contribution in [3.63, 3.8) is 0 Å². The number of thiophene rings is 1. The van der Waals surface area contributed by atoms with E-state index < -0.39 is 4.92 Å². The zero-order valence-corrected chi connectivity index (χ0v) is 11.3. The third kappa shape index (κ3) is 2.93. The average molecular weight is 327 g/mol. The number of hydrogen-bond acceptors (Lipinski definition) is 4. The van der Waals surface area contributed by atoms with Crippen LogP contribution in [0.4, 0.5) is 11.4 Å². The van der Waals surface area contributed by atoms with Gasteiger partial charge in [-0.25, -0.2) is 0 Å². The maximum absolute atomic E-state index is 11.8. The predicted octanol–water partition coefficient (Wildman–Crippen LogP) is 3.67. The molecule has 1 amide bonds. The fraction of sp³-hybridized carbons (Fsp3) is 0. The van der Waals surface area contributed by atoms with Gasteiger partial charge in [-0.05, 0) is 17.5 Å². The largest absolute Gasteiger partial charge is 0.321 e. The Morgan fingerprint density at radius 2 is 2.17 bits per heavy atom. The molecule has 0 aliphatic carbocycles. The molecule has 0 saturated heterocycles. The average Bonchev–Trinajstić information content (AvgIpc) is 2.81. The number of hydrogen-bond donors (Lipinski definition) is 1. The number of nitrogens with zero attached hydrogens (tertiary/aromatic N) is 1. The van der Waals surface area contributed by atoms with Gasteiger partial charge in [-0.3, -0.25) is 14.9 Å². The maximum Gasteiger partial charge on any atom is 0.272 e. The molecule has 1 N–H and O–H groups in total. The minimum atomic E-state index is -0.508. The molecule has 0 atom stereocenters. The number of amides is 1. The van der Waals surface area contributed by atoms with Crippen LogP contribution in [0.1, 0.15) is 9.67 Å². The molecule has 0 radical (unpaired) electrons. The second-order valence-electron chi connectivity index (χ2n) is 3.39. The van der Waals surface area contributed by atoms with Crippen molar-refractivity contribution in [2.24, 2.45) is 0 Å². The van der Waals surface area contributed by atoms with E-state index in [1.165, 1.54) is 23.5 Å². The monoisotopic (exact) mass is 326 g/mol. The van der Waals surface area contributed by atoms with Crippen LogP contribution in [0.2, 0.25) is 0 Å². The van der Waals surface area contributed by atoms with E-state index in [9.17, 15) is 14.9 Å². The first-order valence-electron chi connectivity index (χ1n) is 4.86. The van der Waals surface area contributed by atoms with Crippen LogP contribution in [0.5, 0.6) is 0 Å². The number of benzene rings is 1. The predicted molar refractivity (Wildman–Crippen MR) is 73.1 cm³/mol. The molecule has 0 fully saturated rings. The summed E-state index contributed by atoms with van der Waals surface area (Å²) < 4.78 is 0.540. The lowest BCUT2D eigenvalue weighted by Crippen LogP contribution is -2.10. The Morgan fingerprint density at radius 3 is 2.78 bits per heavy atom. The van der Waals surface area contributed by atoms with Gasteiger partial charge < -0.3 is 5.32 Å². The molecule has 7 heteroatoms. The summed E-state index contributed by atoms with van der Waals surface area (Å²) in [5.41, 5.74) is 0.306. The summed E-state index contributed by atoms with van der Waals surface area (Å²) in [5, 5.41) is 15.1. The van der Waals surface area contributed by atoms with Gasteiger partial charge in [0.2, 0.25) is 0 Å². The standard InChI is InChI=1S/C11H7BrN2O3S/c12-7-4-8(6-9(5-7)14(16)17)13-11(15)10-2-1-3-18-10/h1-6H,(H,13,15). The second-order valence-corrected chi connectivity index (χ2v) is 5.25. The number of carbonyl (C=O) groups excluding carboxylic acids is 1. The number of nitro benzene ring substituents is 1. The molecule has 2 rings (SSSR count). The molecule has 1 aromatic heterocycles. The molecule has 2 aromatic rings. The number of halogens is 1. The van der Waals surface area contributed by atoms with Gasteiger partial charge >= 0.3 is 0 Å². The van der Waals surface area contributed by atoms with E-state index in [0.29, 0.717) is 15.0 Å². The first-order chi connectivity index (χ1) is 8.56. The topological polar surface area (TPSA) is 72.2 Å². The van der Waals surface area contributed by atoms with E-state index >= 15 is 0 Å². The van der Waals surface area contributed by atoms with Gasteiger partial charge in [-0.2, -0.15) is 0 Å². The molecule has 0 bridgehead atoms. The van der Waals surface area contributed by atoms with Crippen molar-refractivity contribution in [2.45, 2.75) is 0 Å². The molecule has 0 saturated carbocycles. The highest BCUT2D eigenvalue weighted by atomic mass is 79.9. The van der Waals surface area contributed by atoms with Gasteiger partial charge in [0.25, 0.3) is 11.6 Å². The molecule has 0 aliphatic rings. The minimum absolute atomic E-state index is 0.0779. The molecular weight excluding hydrogens is 320 g/mol. The number of nitrogens with one attached hydrogen (secondary N) is 1. The smallest absolute Gasteiger partial charge is 0.272 e. The van der Waals surface area contributed by atoms with E-state index in [1.807, 2.05) is 0 Å². The van der Waals surface area contributed by atoms with Crippen LogP contribution < -0.4 is 5.32 Å². The summed E-state index contributed by atoms with van der Waals surface area (Å²) >= 11 is 4.47. The normalized spacial score (nSPS) is 10.1. The molecule has 1 heterocycles. The molecular formula is C11H7BrN2O3S. The zero-order valence-electron chi connectivity index (χ0n) is 8.92. The Balaban J connectivity index is 2.24. The van der Waals surface area contributed by atoms with Crippen molar-refractivity contribution in [1.82, 2.24) is 0 Å². The van der Waals surface area contributed by atoms with E-state index in [1.54, 1.807) is 23.6 Å². The molecule has 5 nitrogen and oxygen atoms in total. The lowest BCUT2D eigenvalue weighted by molar-refractivity contribution is -0.384. The van der Waals surface area contributed by atoms with Gasteiger partial charge in [0.05, 0.1) is 9.80 Å². The number of nitro groups is 1. The van der Waals surface area contributed by atoms with Crippen molar-refractivity contribution in [1.29, 1.82) is 0 Å². The SMILES string of the molecule is O=C(Nc1cc(Br)cc([N+](=O)[O-])c1)c1cccs1. The number of non-ortho nitro benzene ring substituents is 1. The summed E-state index contributed by atoms with van der Waals surface area (Å²) in [7, 11) is 0. The number of anilines is 1. The third-order valence-corrected chi connectivity index (χ3v) is 3.42. The fourth-order valence-corrected chi connectivity index (χ4v) is 2.45. The van der Waals surface area contributed by atoms with E-state index in [-0.39, 0.29) is 11.6 Å². The molecule has 0 spiro atoms. The Kier molecular flexibility index (Phi) is 3.73. The Labute approximate surface area is 115 Å². The number of rotatable bonds is 3. The molecule has 92 valence electrons. The van der Waals surface area contributed by atoms with Crippen LogP contribution in [0.25, 0.3) is 0 Å². The minimum Gasteiger partial charge on any atom is -0.321 e. The van der Waals surface area contributed by atoms with Crippen molar-refractivity contribution in [2.75, 3.05) is 5.32 Å². The van der Waals surface area contributed by atoms with Gasteiger partial charge in [-0.15, -0.1) is 11.3 Å². The third-order valence-electron chi connectivity index (χ3n) is 2.10. The lowest BCUT2D eigenvalue weighted by atomic mass is 10.3. The highest BCUT2D eigenvalue weighted by molar-refractivity contribution is 9.10. The van der Waals surface area contributed by atoms with Crippen molar-refractivity contribution >= 4 is 44.5 Å². The van der Waals surface area contributed by atoms with Crippen LogP contribution >= 0.6 is 27.3 Å². The fourth-order valence-electron chi connectivity index (χ4n) is 1.35. The van der Waals surface area contributed by atoms with E-state index in [0.717, 1.165) is 0 Å². The van der Waals surface area contributed by atoms with Crippen molar-refractivity contribution in [3.8, 4) is 0 Å². The van der Waals surface area contributed by atoms with Gasteiger partial charge in [0.1, 0.15) is 0 Å². The van der Waals surface area contributed by atoms with Gasteiger partial charge in [0, 0.05) is 22.3 Å². The Bertz CT molecular complexity index is 598. The van der Waals surface area contributed by atoms with Crippen LogP contribution in [-0.2, 0) is 0 Å². The molecule has 0 aliphatic heterocycles. The summed E-state index contributed by atoms with van der Waals surface area (Å²) in [6, 6.07) is 7.75. The second kappa shape index (κ2) is 5.28. The summed E-state index contributed by atoms with van der Waals surface area (Å²) in [6.07, 6.45) is 0. The molecule has 0 unspecified atom stereocenters. The van der Waals surface area contributed by atoms with Gasteiger partial charge in [0.15, 0.2) is 0 Å². The summed E-state index contributed by atoms with van der Waals surface area (Å²) in [6.45, 7) is 0.